The molecular formula is C22H23ClN2O2. The molecule has 2 aromatic rings. The van der Waals surface area contributed by atoms with Crippen LogP contribution in [-0.2, 0) is 10.2 Å². The number of benzene rings is 2. The van der Waals surface area contributed by atoms with Crippen molar-refractivity contribution in [3.05, 3.63) is 70.7 Å². The molecule has 4 rings (SSSR count). The highest BCUT2D eigenvalue weighted by molar-refractivity contribution is 6.30. The number of amides is 2. The van der Waals surface area contributed by atoms with Gasteiger partial charge in [-0.05, 0) is 55.5 Å². The number of hydrogen-bond acceptors (Lipinski definition) is 2. The topological polar surface area (TPSA) is 49.4 Å². The van der Waals surface area contributed by atoms with E-state index in [4.69, 9.17) is 11.6 Å². The maximum Gasteiger partial charge on any atom is 0.251 e. The zero-order valence-electron chi connectivity index (χ0n) is 15.2. The van der Waals surface area contributed by atoms with Gasteiger partial charge in [-0.1, -0.05) is 41.9 Å². The van der Waals surface area contributed by atoms with Gasteiger partial charge in [0.15, 0.2) is 0 Å². The molecule has 5 heteroatoms. The van der Waals surface area contributed by atoms with Gasteiger partial charge < -0.3 is 10.2 Å². The molecule has 2 fully saturated rings. The number of carbonyl (C=O) groups is 2. The number of halogens is 1. The van der Waals surface area contributed by atoms with E-state index in [0.717, 1.165) is 31.2 Å². The van der Waals surface area contributed by atoms with Crippen LogP contribution in [0, 0.1) is 0 Å². The maximum absolute atomic E-state index is 13.1. The minimum atomic E-state index is -0.356. The second-order valence-electron chi connectivity index (χ2n) is 7.49. The first-order valence-electron chi connectivity index (χ1n) is 9.50. The van der Waals surface area contributed by atoms with E-state index >= 15 is 0 Å². The van der Waals surface area contributed by atoms with Crippen LogP contribution in [0.15, 0.2) is 54.6 Å². The Kier molecular flexibility index (Phi) is 4.92. The molecule has 2 aliphatic rings. The lowest BCUT2D eigenvalue weighted by Crippen LogP contribution is -2.49. The number of nitrogens with zero attached hydrogens (tertiary/aromatic N) is 1. The number of rotatable bonds is 4. The first-order chi connectivity index (χ1) is 13.1. The molecule has 0 bridgehead atoms. The molecule has 2 aromatic carbocycles. The van der Waals surface area contributed by atoms with E-state index in [1.54, 1.807) is 0 Å². The normalized spacial score (nSPS) is 18.8. The van der Waals surface area contributed by atoms with Gasteiger partial charge in [-0.3, -0.25) is 9.59 Å². The predicted molar refractivity (Wildman–Crippen MR) is 106 cm³/mol. The van der Waals surface area contributed by atoms with Crippen LogP contribution in [0.5, 0.6) is 0 Å². The van der Waals surface area contributed by atoms with Crippen molar-refractivity contribution in [2.45, 2.75) is 37.1 Å². The fourth-order valence-corrected chi connectivity index (χ4v) is 4.03. The molecule has 1 saturated carbocycles. The fraction of sp³-hybridized carbons (Fsp3) is 0.364. The lowest BCUT2D eigenvalue weighted by atomic mass is 9.93. The Labute approximate surface area is 164 Å². The molecule has 1 aliphatic carbocycles. The zero-order valence-corrected chi connectivity index (χ0v) is 15.9. The van der Waals surface area contributed by atoms with Gasteiger partial charge in [0, 0.05) is 29.7 Å². The molecule has 1 aliphatic heterocycles. The van der Waals surface area contributed by atoms with Crippen LogP contribution in [0.4, 0.5) is 0 Å². The summed E-state index contributed by atoms with van der Waals surface area (Å²) in [5.74, 6) is 0.179. The van der Waals surface area contributed by atoms with Crippen molar-refractivity contribution in [3.63, 3.8) is 0 Å². The van der Waals surface area contributed by atoms with Gasteiger partial charge in [-0.25, -0.2) is 0 Å². The zero-order chi connectivity index (χ0) is 18.9. The lowest BCUT2D eigenvalue weighted by Gasteiger charge is -2.35. The quantitative estimate of drug-likeness (QED) is 0.874. The third-order valence-electron chi connectivity index (χ3n) is 5.71. The second-order valence-corrected chi connectivity index (χ2v) is 7.93. The van der Waals surface area contributed by atoms with Gasteiger partial charge in [-0.2, -0.15) is 0 Å². The van der Waals surface area contributed by atoms with Gasteiger partial charge >= 0.3 is 0 Å². The van der Waals surface area contributed by atoms with E-state index in [1.807, 2.05) is 59.5 Å². The summed E-state index contributed by atoms with van der Waals surface area (Å²) in [6, 6.07) is 17.0. The minimum Gasteiger partial charge on any atom is -0.349 e. The molecule has 0 radical (unpaired) electrons. The van der Waals surface area contributed by atoms with Crippen LogP contribution in [0.2, 0.25) is 5.02 Å². The Morgan fingerprint density at radius 2 is 1.59 bits per heavy atom. The molecule has 2 amide bonds. The molecule has 0 aromatic heterocycles. The summed E-state index contributed by atoms with van der Waals surface area (Å²) in [5.41, 5.74) is 1.39. The van der Waals surface area contributed by atoms with Crippen molar-refractivity contribution in [2.24, 2.45) is 0 Å². The average Bonchev–Trinajstić information content (AvgIpc) is 3.51. The van der Waals surface area contributed by atoms with E-state index < -0.39 is 0 Å². The summed E-state index contributed by atoms with van der Waals surface area (Å²) in [6.45, 7) is 1.38. The van der Waals surface area contributed by atoms with Crippen molar-refractivity contribution in [1.29, 1.82) is 0 Å². The molecule has 1 heterocycles. The number of likely N-dealkylation sites (tertiary alicyclic amines) is 1. The van der Waals surface area contributed by atoms with Crippen molar-refractivity contribution in [2.75, 3.05) is 13.1 Å². The van der Waals surface area contributed by atoms with Crippen molar-refractivity contribution in [1.82, 2.24) is 10.2 Å². The van der Waals surface area contributed by atoms with Crippen molar-refractivity contribution in [3.8, 4) is 0 Å². The van der Waals surface area contributed by atoms with Crippen LogP contribution >= 0.6 is 11.6 Å². The van der Waals surface area contributed by atoms with E-state index in [0.29, 0.717) is 23.7 Å². The van der Waals surface area contributed by atoms with Crippen molar-refractivity contribution < 1.29 is 9.59 Å². The average molecular weight is 383 g/mol. The minimum absolute atomic E-state index is 0.0415. The van der Waals surface area contributed by atoms with Crippen LogP contribution < -0.4 is 5.32 Å². The molecule has 1 N–H and O–H groups in total. The highest BCUT2D eigenvalue weighted by atomic mass is 35.5. The third kappa shape index (κ3) is 3.72. The number of nitrogens with one attached hydrogen (secondary N) is 1. The molecular weight excluding hydrogens is 360 g/mol. The smallest absolute Gasteiger partial charge is 0.251 e. The SMILES string of the molecule is O=C(NC1CCN(C(=O)C2(c3ccc(Cl)cc3)CC2)CC1)c1ccccc1. The van der Waals surface area contributed by atoms with Gasteiger partial charge in [0.2, 0.25) is 5.91 Å². The van der Waals surface area contributed by atoms with E-state index in [9.17, 15) is 9.59 Å². The van der Waals surface area contributed by atoms with Crippen LogP contribution in [-0.4, -0.2) is 35.8 Å². The molecule has 0 unspecified atom stereocenters. The number of carbonyl (C=O) groups excluding carboxylic acids is 2. The van der Waals surface area contributed by atoms with Gasteiger partial charge in [0.05, 0.1) is 5.41 Å². The predicted octanol–water partition coefficient (Wildman–Crippen LogP) is 3.79. The van der Waals surface area contributed by atoms with Gasteiger partial charge in [-0.15, -0.1) is 0 Å². The number of piperidine rings is 1. The molecule has 0 spiro atoms. The van der Waals surface area contributed by atoms with Gasteiger partial charge in [0.1, 0.15) is 0 Å². The lowest BCUT2D eigenvalue weighted by molar-refractivity contribution is -0.135. The molecule has 0 atom stereocenters. The summed E-state index contributed by atoms with van der Waals surface area (Å²) in [5, 5.41) is 3.79. The Hall–Kier alpha value is -2.33. The summed E-state index contributed by atoms with van der Waals surface area (Å²) in [4.78, 5) is 27.4. The fourth-order valence-electron chi connectivity index (χ4n) is 3.91. The Balaban J connectivity index is 1.34. The van der Waals surface area contributed by atoms with E-state index in [-0.39, 0.29) is 23.3 Å². The first kappa shape index (κ1) is 18.1. The summed E-state index contributed by atoms with van der Waals surface area (Å²) in [6.07, 6.45) is 3.39. The van der Waals surface area contributed by atoms with Crippen LogP contribution in [0.3, 0.4) is 0 Å². The van der Waals surface area contributed by atoms with Crippen LogP contribution in [0.1, 0.15) is 41.6 Å². The highest BCUT2D eigenvalue weighted by Gasteiger charge is 2.53. The van der Waals surface area contributed by atoms with Crippen molar-refractivity contribution >= 4 is 23.4 Å². The largest absolute Gasteiger partial charge is 0.349 e. The van der Waals surface area contributed by atoms with E-state index in [1.165, 1.54) is 0 Å². The summed E-state index contributed by atoms with van der Waals surface area (Å²) < 4.78 is 0. The number of hydrogen-bond donors (Lipinski definition) is 1. The van der Waals surface area contributed by atoms with Crippen LogP contribution in [0.25, 0.3) is 0 Å². The molecule has 1 saturated heterocycles. The van der Waals surface area contributed by atoms with E-state index in [2.05, 4.69) is 5.32 Å². The second kappa shape index (κ2) is 7.35. The molecule has 140 valence electrons. The Morgan fingerprint density at radius 1 is 0.963 bits per heavy atom. The summed E-state index contributed by atoms with van der Waals surface area (Å²) in [7, 11) is 0. The molecule has 27 heavy (non-hydrogen) atoms. The Bertz CT molecular complexity index is 823. The summed E-state index contributed by atoms with van der Waals surface area (Å²) >= 11 is 5.98. The third-order valence-corrected chi connectivity index (χ3v) is 5.96. The van der Waals surface area contributed by atoms with Gasteiger partial charge in [0.25, 0.3) is 5.91 Å². The standard InChI is InChI=1S/C22H23ClN2O2/c23-18-8-6-17(7-9-18)22(12-13-22)21(27)25-14-10-19(11-15-25)24-20(26)16-4-2-1-3-5-16/h1-9,19H,10-15H2,(H,24,26). The first-order valence-corrected chi connectivity index (χ1v) is 9.88. The monoisotopic (exact) mass is 382 g/mol. The highest BCUT2D eigenvalue weighted by Crippen LogP contribution is 2.50. The molecule has 4 nitrogen and oxygen atoms in total. The Morgan fingerprint density at radius 3 is 2.19 bits per heavy atom. The maximum atomic E-state index is 13.1.